The number of hydrogen-bond donors (Lipinski definition) is 1. The highest BCUT2D eigenvalue weighted by molar-refractivity contribution is 6.27. The van der Waals surface area contributed by atoms with Gasteiger partial charge < -0.3 is 10.6 Å². The van der Waals surface area contributed by atoms with E-state index < -0.39 is 0 Å². The molecular weight excluding hydrogens is 278 g/mol. The number of rotatable bonds is 3. The lowest BCUT2D eigenvalue weighted by molar-refractivity contribution is 0.0975. The van der Waals surface area contributed by atoms with Gasteiger partial charge in [0.15, 0.2) is 5.78 Å². The van der Waals surface area contributed by atoms with Crippen LogP contribution >= 0.6 is 0 Å². The number of carbonyl (C=O) groups excluding carboxylic acids is 2. The fraction of sp³-hybridized carbons (Fsp3) is 0.235. The molecule has 22 heavy (non-hydrogen) atoms. The predicted octanol–water partition coefficient (Wildman–Crippen LogP) is 1.54. The number of carbonyl (C=O) groups is 2. The van der Waals surface area contributed by atoms with E-state index in [1.54, 1.807) is 30.3 Å². The molecule has 0 saturated carbocycles. The number of anilines is 1. The van der Waals surface area contributed by atoms with Crippen molar-refractivity contribution in [3.63, 3.8) is 0 Å². The molecule has 1 aromatic carbocycles. The number of ketones is 2. The molecular formula is C17H17N3O2. The maximum atomic E-state index is 12.6. The molecule has 0 bridgehead atoms. The van der Waals surface area contributed by atoms with E-state index >= 15 is 0 Å². The standard InChI is InChI=1S/C17H17N3O2/c1-20(2)8-7-10-9-13-14(19-17(10)18)16(22)12-6-4-3-5-11(12)15(13)21/h3-6,9H,7-8H2,1-2H3,(H2,18,19). The Morgan fingerprint density at radius 3 is 2.32 bits per heavy atom. The van der Waals surface area contributed by atoms with Crippen molar-refractivity contribution < 1.29 is 9.59 Å². The number of nitrogens with zero attached hydrogens (tertiary/aromatic N) is 2. The second-order valence-electron chi connectivity index (χ2n) is 5.69. The van der Waals surface area contributed by atoms with E-state index in [0.717, 1.165) is 12.1 Å². The summed E-state index contributed by atoms with van der Waals surface area (Å²) in [7, 11) is 3.93. The van der Waals surface area contributed by atoms with E-state index in [1.807, 2.05) is 19.0 Å². The Labute approximate surface area is 128 Å². The Morgan fingerprint density at radius 2 is 1.68 bits per heavy atom. The molecule has 5 nitrogen and oxygen atoms in total. The normalized spacial score (nSPS) is 13.2. The average Bonchev–Trinajstić information content (AvgIpc) is 2.51. The monoisotopic (exact) mass is 295 g/mol. The first kappa shape index (κ1) is 14.4. The van der Waals surface area contributed by atoms with Crippen LogP contribution in [0.15, 0.2) is 30.3 Å². The van der Waals surface area contributed by atoms with Crippen molar-refractivity contribution in [2.75, 3.05) is 26.4 Å². The van der Waals surface area contributed by atoms with Gasteiger partial charge in [-0.05, 0) is 32.1 Å². The third kappa shape index (κ3) is 2.29. The molecule has 2 aromatic rings. The van der Waals surface area contributed by atoms with Crippen LogP contribution in [0.1, 0.15) is 37.5 Å². The van der Waals surface area contributed by atoms with Crippen molar-refractivity contribution >= 4 is 17.4 Å². The molecule has 2 N–H and O–H groups in total. The molecule has 0 aliphatic heterocycles. The third-order valence-electron chi connectivity index (χ3n) is 3.84. The summed E-state index contributed by atoms with van der Waals surface area (Å²) in [4.78, 5) is 31.4. The Hall–Kier alpha value is -2.53. The van der Waals surface area contributed by atoms with Crippen molar-refractivity contribution in [1.82, 2.24) is 9.88 Å². The molecule has 1 aliphatic rings. The molecule has 0 unspecified atom stereocenters. The molecule has 1 aliphatic carbocycles. The van der Waals surface area contributed by atoms with Gasteiger partial charge in [-0.3, -0.25) is 9.59 Å². The van der Waals surface area contributed by atoms with Gasteiger partial charge in [-0.25, -0.2) is 4.98 Å². The van der Waals surface area contributed by atoms with Gasteiger partial charge in [0.1, 0.15) is 11.5 Å². The Kier molecular flexibility index (Phi) is 3.50. The summed E-state index contributed by atoms with van der Waals surface area (Å²) in [5.41, 5.74) is 8.11. The molecule has 0 amide bonds. The van der Waals surface area contributed by atoms with E-state index in [4.69, 9.17) is 5.73 Å². The lowest BCUT2D eigenvalue weighted by Gasteiger charge is -2.19. The molecule has 0 fully saturated rings. The Bertz CT molecular complexity index is 781. The van der Waals surface area contributed by atoms with Gasteiger partial charge in [0.25, 0.3) is 0 Å². The fourth-order valence-corrected chi connectivity index (χ4v) is 2.61. The summed E-state index contributed by atoms with van der Waals surface area (Å²) in [5.74, 6) is -0.0824. The van der Waals surface area contributed by atoms with Gasteiger partial charge in [0.2, 0.25) is 5.78 Å². The van der Waals surface area contributed by atoms with Gasteiger partial charge in [-0.15, -0.1) is 0 Å². The second-order valence-corrected chi connectivity index (χ2v) is 5.69. The van der Waals surface area contributed by atoms with Crippen LogP contribution in [0.4, 0.5) is 5.82 Å². The number of nitrogen functional groups attached to an aromatic ring is 1. The summed E-state index contributed by atoms with van der Waals surface area (Å²) in [5, 5.41) is 0. The van der Waals surface area contributed by atoms with Crippen LogP contribution in [-0.2, 0) is 6.42 Å². The van der Waals surface area contributed by atoms with Crippen LogP contribution in [0.5, 0.6) is 0 Å². The number of benzene rings is 1. The van der Waals surface area contributed by atoms with E-state index in [1.165, 1.54) is 0 Å². The van der Waals surface area contributed by atoms with E-state index in [0.29, 0.717) is 28.9 Å². The van der Waals surface area contributed by atoms with E-state index in [2.05, 4.69) is 4.98 Å². The van der Waals surface area contributed by atoms with Gasteiger partial charge in [0.05, 0.1) is 5.56 Å². The summed E-state index contributed by atoms with van der Waals surface area (Å²) >= 11 is 0. The molecule has 3 rings (SSSR count). The lowest BCUT2D eigenvalue weighted by Crippen LogP contribution is -2.24. The molecule has 1 heterocycles. The average molecular weight is 295 g/mol. The highest BCUT2D eigenvalue weighted by Crippen LogP contribution is 2.28. The van der Waals surface area contributed by atoms with Crippen LogP contribution in [0.25, 0.3) is 0 Å². The van der Waals surface area contributed by atoms with E-state index in [-0.39, 0.29) is 17.3 Å². The SMILES string of the molecule is CN(C)CCc1cc2c(nc1N)C(=O)c1ccccc1C2=O. The molecule has 0 saturated heterocycles. The predicted molar refractivity (Wildman–Crippen MR) is 84.2 cm³/mol. The minimum Gasteiger partial charge on any atom is -0.383 e. The van der Waals surface area contributed by atoms with Crippen molar-refractivity contribution in [2.24, 2.45) is 0 Å². The maximum Gasteiger partial charge on any atom is 0.212 e. The fourth-order valence-electron chi connectivity index (χ4n) is 2.61. The minimum absolute atomic E-state index is 0.162. The van der Waals surface area contributed by atoms with E-state index in [9.17, 15) is 9.59 Å². The quantitative estimate of drug-likeness (QED) is 0.793. The molecule has 112 valence electrons. The first-order chi connectivity index (χ1) is 10.5. The molecule has 5 heteroatoms. The van der Waals surface area contributed by atoms with Crippen molar-refractivity contribution in [3.05, 3.63) is 58.3 Å². The molecule has 0 atom stereocenters. The summed E-state index contributed by atoms with van der Waals surface area (Å²) in [6.07, 6.45) is 0.683. The van der Waals surface area contributed by atoms with Crippen molar-refractivity contribution in [1.29, 1.82) is 0 Å². The third-order valence-corrected chi connectivity index (χ3v) is 3.84. The number of likely N-dealkylation sites (N-methyl/N-ethyl adjacent to an activating group) is 1. The number of nitrogens with two attached hydrogens (primary N) is 1. The topological polar surface area (TPSA) is 76.3 Å². The Balaban J connectivity index is 2.09. The lowest BCUT2D eigenvalue weighted by atomic mass is 9.86. The van der Waals surface area contributed by atoms with Gasteiger partial charge in [-0.1, -0.05) is 24.3 Å². The van der Waals surface area contributed by atoms with Crippen LogP contribution in [-0.4, -0.2) is 42.1 Å². The molecule has 0 spiro atoms. The number of aromatic nitrogens is 1. The number of fused-ring (bicyclic) bond motifs is 2. The van der Waals surface area contributed by atoms with Gasteiger partial charge >= 0.3 is 0 Å². The largest absolute Gasteiger partial charge is 0.383 e. The summed E-state index contributed by atoms with van der Waals surface area (Å²) in [6, 6.07) is 8.54. The summed E-state index contributed by atoms with van der Waals surface area (Å²) in [6.45, 7) is 0.795. The van der Waals surface area contributed by atoms with Crippen LogP contribution in [0.2, 0.25) is 0 Å². The highest BCUT2D eigenvalue weighted by Gasteiger charge is 2.31. The Morgan fingerprint density at radius 1 is 1.05 bits per heavy atom. The number of hydrogen-bond acceptors (Lipinski definition) is 5. The van der Waals surface area contributed by atoms with Gasteiger partial charge in [-0.2, -0.15) is 0 Å². The zero-order valence-electron chi connectivity index (χ0n) is 12.6. The first-order valence-electron chi connectivity index (χ1n) is 7.11. The van der Waals surface area contributed by atoms with Gasteiger partial charge in [0, 0.05) is 17.7 Å². The summed E-state index contributed by atoms with van der Waals surface area (Å²) < 4.78 is 0. The zero-order chi connectivity index (χ0) is 15.9. The second kappa shape index (κ2) is 5.35. The van der Waals surface area contributed by atoms with Crippen LogP contribution < -0.4 is 5.73 Å². The zero-order valence-corrected chi connectivity index (χ0v) is 12.6. The minimum atomic E-state index is -0.240. The molecule has 1 aromatic heterocycles. The molecule has 0 radical (unpaired) electrons. The first-order valence-corrected chi connectivity index (χ1v) is 7.11. The van der Waals surface area contributed by atoms with Crippen LogP contribution in [0, 0.1) is 0 Å². The van der Waals surface area contributed by atoms with Crippen molar-refractivity contribution in [2.45, 2.75) is 6.42 Å². The maximum absolute atomic E-state index is 12.6. The number of pyridine rings is 1. The van der Waals surface area contributed by atoms with Crippen LogP contribution in [0.3, 0.4) is 0 Å². The smallest absolute Gasteiger partial charge is 0.212 e. The highest BCUT2D eigenvalue weighted by atomic mass is 16.1. The van der Waals surface area contributed by atoms with Crippen molar-refractivity contribution in [3.8, 4) is 0 Å².